The summed E-state index contributed by atoms with van der Waals surface area (Å²) in [4.78, 5) is 18.4. The molecule has 1 saturated heterocycles. The van der Waals surface area contributed by atoms with Crippen molar-refractivity contribution in [2.75, 3.05) is 18.8 Å². The van der Waals surface area contributed by atoms with Crippen LogP contribution in [0.15, 0.2) is 24.4 Å². The summed E-state index contributed by atoms with van der Waals surface area (Å²) in [6.45, 7) is 6.64. The fourth-order valence-electron chi connectivity index (χ4n) is 3.43. The van der Waals surface area contributed by atoms with Crippen molar-refractivity contribution in [3.05, 3.63) is 30.1 Å². The number of amides is 1. The van der Waals surface area contributed by atoms with Gasteiger partial charge in [-0.1, -0.05) is 6.07 Å². The van der Waals surface area contributed by atoms with Gasteiger partial charge in [0.2, 0.25) is 10.0 Å². The summed E-state index contributed by atoms with van der Waals surface area (Å²) in [5.74, 6) is -0.0698. The molecule has 0 bridgehead atoms. The first kappa shape index (κ1) is 24.1. The highest BCUT2D eigenvalue weighted by atomic mass is 32.2. The van der Waals surface area contributed by atoms with Crippen molar-refractivity contribution in [2.45, 2.75) is 71.1 Å². The number of nitrogens with zero attached hydrogens (tertiary/aromatic N) is 4. The van der Waals surface area contributed by atoms with E-state index in [0.29, 0.717) is 44.5 Å². The van der Waals surface area contributed by atoms with E-state index in [1.165, 1.54) is 4.31 Å². The molecule has 0 N–H and O–H groups in total. The summed E-state index contributed by atoms with van der Waals surface area (Å²) in [5.41, 5.74) is 0.104. The minimum Gasteiger partial charge on any atom is -0.444 e. The molecule has 1 aliphatic rings. The molecule has 1 unspecified atom stereocenters. The lowest BCUT2D eigenvalue weighted by Crippen LogP contribution is -2.42. The van der Waals surface area contributed by atoms with Crippen LogP contribution in [0.4, 0.5) is 4.79 Å². The topological polar surface area (TPSA) is 104 Å². The van der Waals surface area contributed by atoms with E-state index in [1.54, 1.807) is 17.2 Å². The molecule has 1 aromatic heterocycles. The summed E-state index contributed by atoms with van der Waals surface area (Å²) >= 11 is 0. The molecular formula is C21H32N4O4S. The number of unbranched alkanes of at least 4 members (excludes halogenated alkanes) is 1. The molecule has 0 radical (unpaired) electrons. The van der Waals surface area contributed by atoms with Gasteiger partial charge in [-0.25, -0.2) is 13.2 Å². The highest BCUT2D eigenvalue weighted by Gasteiger charge is 2.33. The lowest BCUT2D eigenvalue weighted by Gasteiger charge is -2.30. The highest BCUT2D eigenvalue weighted by molar-refractivity contribution is 7.89. The van der Waals surface area contributed by atoms with Crippen molar-refractivity contribution < 1.29 is 17.9 Å². The number of pyridine rings is 1. The summed E-state index contributed by atoms with van der Waals surface area (Å²) in [6.07, 6.45) is 3.66. The number of rotatable bonds is 7. The Labute approximate surface area is 179 Å². The van der Waals surface area contributed by atoms with Crippen molar-refractivity contribution in [2.24, 2.45) is 0 Å². The number of carbonyl (C=O) groups excluding carboxylic acids is 1. The zero-order valence-electron chi connectivity index (χ0n) is 18.1. The van der Waals surface area contributed by atoms with Crippen LogP contribution in [0.5, 0.6) is 0 Å². The van der Waals surface area contributed by atoms with Gasteiger partial charge < -0.3 is 9.64 Å². The molecule has 2 heterocycles. The van der Waals surface area contributed by atoms with Gasteiger partial charge in [0.25, 0.3) is 0 Å². The largest absolute Gasteiger partial charge is 0.444 e. The average molecular weight is 437 g/mol. The first-order valence-corrected chi connectivity index (χ1v) is 12.0. The molecule has 1 aromatic rings. The Morgan fingerprint density at radius 2 is 2.10 bits per heavy atom. The van der Waals surface area contributed by atoms with Crippen molar-refractivity contribution in [3.63, 3.8) is 0 Å². The van der Waals surface area contributed by atoms with E-state index in [1.807, 2.05) is 39.0 Å². The first-order chi connectivity index (χ1) is 14.1. The molecule has 0 aromatic carbocycles. The van der Waals surface area contributed by atoms with Crippen LogP contribution in [0, 0.1) is 11.3 Å². The number of aromatic nitrogens is 1. The number of likely N-dealkylation sites (tertiary alicyclic amines) is 1. The van der Waals surface area contributed by atoms with Gasteiger partial charge in [0.15, 0.2) is 0 Å². The summed E-state index contributed by atoms with van der Waals surface area (Å²) < 4.78 is 33.2. The Morgan fingerprint density at radius 1 is 1.33 bits per heavy atom. The lowest BCUT2D eigenvalue weighted by molar-refractivity contribution is 0.0255. The molecule has 9 heteroatoms. The zero-order valence-corrected chi connectivity index (χ0v) is 18.9. The maximum Gasteiger partial charge on any atom is 0.410 e. The SMILES string of the molecule is CC(C)(C)OC(=O)N1CCCC(N(Cc2ccccn2)S(=O)(=O)CCCC#N)CC1. The van der Waals surface area contributed by atoms with E-state index < -0.39 is 15.6 Å². The van der Waals surface area contributed by atoms with Crippen molar-refractivity contribution in [3.8, 4) is 6.07 Å². The van der Waals surface area contributed by atoms with E-state index >= 15 is 0 Å². The number of ether oxygens (including phenoxy) is 1. The predicted octanol–water partition coefficient (Wildman–Crippen LogP) is 3.31. The van der Waals surface area contributed by atoms with Crippen LogP contribution in [0.2, 0.25) is 0 Å². The Morgan fingerprint density at radius 3 is 2.73 bits per heavy atom. The van der Waals surface area contributed by atoms with Gasteiger partial charge in [-0.3, -0.25) is 4.98 Å². The van der Waals surface area contributed by atoms with Crippen LogP contribution in [0.25, 0.3) is 0 Å². The van der Waals surface area contributed by atoms with Gasteiger partial charge in [-0.05, 0) is 58.6 Å². The molecule has 0 saturated carbocycles. The second-order valence-corrected chi connectivity index (χ2v) is 10.5. The van der Waals surface area contributed by atoms with Gasteiger partial charge in [0, 0.05) is 31.7 Å². The molecule has 30 heavy (non-hydrogen) atoms. The Kier molecular flexibility index (Phi) is 8.62. The zero-order chi connectivity index (χ0) is 22.2. The van der Waals surface area contributed by atoms with Gasteiger partial charge >= 0.3 is 6.09 Å². The fourth-order valence-corrected chi connectivity index (χ4v) is 5.17. The highest BCUT2D eigenvalue weighted by Crippen LogP contribution is 2.24. The molecule has 1 atom stereocenters. The number of nitriles is 1. The van der Waals surface area contributed by atoms with E-state index in [9.17, 15) is 13.2 Å². The smallest absolute Gasteiger partial charge is 0.410 e. The summed E-state index contributed by atoms with van der Waals surface area (Å²) in [7, 11) is -3.57. The monoisotopic (exact) mass is 436 g/mol. The molecule has 166 valence electrons. The third-order valence-corrected chi connectivity index (χ3v) is 6.80. The van der Waals surface area contributed by atoms with Gasteiger partial charge in [-0.15, -0.1) is 0 Å². The molecule has 1 aliphatic heterocycles. The minimum absolute atomic E-state index is 0.0698. The maximum absolute atomic E-state index is 13.1. The van der Waals surface area contributed by atoms with Gasteiger partial charge in [0.05, 0.1) is 24.1 Å². The van der Waals surface area contributed by atoms with E-state index in [-0.39, 0.29) is 30.9 Å². The maximum atomic E-state index is 13.1. The van der Waals surface area contributed by atoms with E-state index in [4.69, 9.17) is 10.00 Å². The second-order valence-electron chi connectivity index (χ2n) is 8.50. The van der Waals surface area contributed by atoms with Crippen LogP contribution in [-0.4, -0.2) is 59.2 Å². The molecular weight excluding hydrogens is 404 g/mol. The quantitative estimate of drug-likeness (QED) is 0.608. The third kappa shape index (κ3) is 7.58. The van der Waals surface area contributed by atoms with Crippen LogP contribution >= 0.6 is 0 Å². The second kappa shape index (κ2) is 10.7. The summed E-state index contributed by atoms with van der Waals surface area (Å²) in [6, 6.07) is 7.20. The molecule has 0 aliphatic carbocycles. The number of hydrogen-bond donors (Lipinski definition) is 0. The van der Waals surface area contributed by atoms with Crippen LogP contribution in [0.1, 0.15) is 58.6 Å². The minimum atomic E-state index is -3.57. The van der Waals surface area contributed by atoms with E-state index in [0.717, 1.165) is 0 Å². The molecule has 1 amide bonds. The standard InChI is InChI=1S/C21H32N4O4S/c1-21(2,3)29-20(26)24-14-8-10-19(11-15-24)25(17-18-9-4-6-13-23-18)30(27,28)16-7-5-12-22/h4,6,9,13,19H,5,7-8,10-11,14-17H2,1-3H3. The normalized spacial score (nSPS) is 18.0. The van der Waals surface area contributed by atoms with Crippen molar-refractivity contribution in [1.82, 2.24) is 14.2 Å². The lowest BCUT2D eigenvalue weighted by atomic mass is 10.1. The predicted molar refractivity (Wildman–Crippen MR) is 114 cm³/mol. The Hall–Kier alpha value is -2.18. The number of sulfonamides is 1. The Bertz CT molecular complexity index is 831. The number of hydrogen-bond acceptors (Lipinski definition) is 6. The molecule has 8 nitrogen and oxygen atoms in total. The third-order valence-electron chi connectivity index (χ3n) is 4.85. The van der Waals surface area contributed by atoms with E-state index in [2.05, 4.69) is 4.98 Å². The van der Waals surface area contributed by atoms with Crippen molar-refractivity contribution >= 4 is 16.1 Å². The molecule has 2 rings (SSSR count). The van der Waals surface area contributed by atoms with Crippen molar-refractivity contribution in [1.29, 1.82) is 5.26 Å². The first-order valence-electron chi connectivity index (χ1n) is 10.4. The van der Waals surface area contributed by atoms with Crippen LogP contribution in [-0.2, 0) is 21.3 Å². The Balaban J connectivity index is 2.15. The van der Waals surface area contributed by atoms with Gasteiger partial charge in [0.1, 0.15) is 5.60 Å². The van der Waals surface area contributed by atoms with Crippen LogP contribution in [0.3, 0.4) is 0 Å². The summed E-state index contributed by atoms with van der Waals surface area (Å²) in [5, 5.41) is 8.77. The number of carbonyl (C=O) groups is 1. The van der Waals surface area contributed by atoms with Gasteiger partial charge in [-0.2, -0.15) is 9.57 Å². The average Bonchev–Trinajstić information content (AvgIpc) is 2.92. The van der Waals surface area contributed by atoms with Crippen LogP contribution < -0.4 is 0 Å². The molecule has 1 fully saturated rings. The fraction of sp³-hybridized carbons (Fsp3) is 0.667. The molecule has 0 spiro atoms.